The molecule has 1 aromatic carbocycles. The van der Waals surface area contributed by atoms with Crippen molar-refractivity contribution in [3.63, 3.8) is 0 Å². The maximum absolute atomic E-state index is 11.0. The van der Waals surface area contributed by atoms with E-state index in [-0.39, 0.29) is 12.0 Å². The second kappa shape index (κ2) is 6.26. The van der Waals surface area contributed by atoms with Crippen LogP contribution in [0.2, 0.25) is 0 Å². The van der Waals surface area contributed by atoms with E-state index in [1.54, 1.807) is 18.4 Å². The third-order valence-electron chi connectivity index (χ3n) is 3.46. The Hall–Kier alpha value is -1.23. The molecule has 21 heavy (non-hydrogen) atoms. The van der Waals surface area contributed by atoms with E-state index in [9.17, 15) is 5.11 Å². The Bertz CT molecular complexity index is 574. The molecule has 0 aliphatic carbocycles. The van der Waals surface area contributed by atoms with Crippen molar-refractivity contribution >= 4 is 11.3 Å². The summed E-state index contributed by atoms with van der Waals surface area (Å²) in [5, 5.41) is 14.0. The standard InChI is InChI=1S/C17H23NO2S/c1-16(2,3)14-11-21-15(18-14)10-17(19,12-20-4)13-8-6-5-7-9-13/h5-9,11,19H,10,12H2,1-4H3. The monoisotopic (exact) mass is 305 g/mol. The molecule has 114 valence electrons. The van der Waals surface area contributed by atoms with E-state index in [0.717, 1.165) is 16.3 Å². The van der Waals surface area contributed by atoms with Gasteiger partial charge < -0.3 is 9.84 Å². The summed E-state index contributed by atoms with van der Waals surface area (Å²) in [6.45, 7) is 6.68. The molecule has 2 rings (SSSR count). The molecule has 3 nitrogen and oxygen atoms in total. The minimum Gasteiger partial charge on any atom is -0.382 e. The quantitative estimate of drug-likeness (QED) is 0.919. The molecular formula is C17H23NO2S. The normalized spacial score (nSPS) is 14.9. The van der Waals surface area contributed by atoms with Crippen LogP contribution in [0.5, 0.6) is 0 Å². The van der Waals surface area contributed by atoms with Crippen LogP contribution in [0.25, 0.3) is 0 Å². The smallest absolute Gasteiger partial charge is 0.119 e. The molecule has 0 fully saturated rings. The van der Waals surface area contributed by atoms with Crippen LogP contribution in [0.4, 0.5) is 0 Å². The summed E-state index contributed by atoms with van der Waals surface area (Å²) in [5.74, 6) is 0. The number of thiazole rings is 1. The number of aliphatic hydroxyl groups is 1. The Morgan fingerprint density at radius 1 is 1.19 bits per heavy atom. The first-order chi connectivity index (χ1) is 9.85. The SMILES string of the molecule is COCC(O)(Cc1nc(C(C)(C)C)cs1)c1ccccc1. The van der Waals surface area contributed by atoms with Crippen molar-refractivity contribution in [3.8, 4) is 0 Å². The summed E-state index contributed by atoms with van der Waals surface area (Å²) in [6.07, 6.45) is 0.464. The molecule has 4 heteroatoms. The van der Waals surface area contributed by atoms with Gasteiger partial charge >= 0.3 is 0 Å². The number of aromatic nitrogens is 1. The van der Waals surface area contributed by atoms with Crippen molar-refractivity contribution in [1.29, 1.82) is 0 Å². The van der Waals surface area contributed by atoms with Gasteiger partial charge in [-0.15, -0.1) is 11.3 Å². The van der Waals surface area contributed by atoms with Crippen LogP contribution in [0.3, 0.4) is 0 Å². The lowest BCUT2D eigenvalue weighted by atomic mass is 9.91. The van der Waals surface area contributed by atoms with Crippen molar-refractivity contribution in [1.82, 2.24) is 4.98 Å². The molecule has 0 saturated carbocycles. The molecule has 0 radical (unpaired) electrons. The van der Waals surface area contributed by atoms with Crippen LogP contribution >= 0.6 is 11.3 Å². The largest absolute Gasteiger partial charge is 0.382 e. The van der Waals surface area contributed by atoms with Crippen molar-refractivity contribution < 1.29 is 9.84 Å². The van der Waals surface area contributed by atoms with Crippen LogP contribution in [-0.2, 0) is 22.2 Å². The molecule has 0 bridgehead atoms. The lowest BCUT2D eigenvalue weighted by molar-refractivity contribution is -0.0355. The molecule has 0 aliphatic rings. The van der Waals surface area contributed by atoms with Crippen LogP contribution in [0.15, 0.2) is 35.7 Å². The van der Waals surface area contributed by atoms with Gasteiger partial charge in [-0.2, -0.15) is 0 Å². The number of ether oxygens (including phenoxy) is 1. The Kier molecular flexibility index (Phi) is 4.81. The van der Waals surface area contributed by atoms with Gasteiger partial charge in [0, 0.05) is 24.3 Å². The first-order valence-electron chi connectivity index (χ1n) is 7.07. The van der Waals surface area contributed by atoms with E-state index in [2.05, 4.69) is 31.1 Å². The lowest BCUT2D eigenvalue weighted by Gasteiger charge is -2.27. The van der Waals surface area contributed by atoms with E-state index >= 15 is 0 Å². The fourth-order valence-electron chi connectivity index (χ4n) is 2.21. The van der Waals surface area contributed by atoms with Crippen LogP contribution in [0.1, 0.15) is 37.0 Å². The van der Waals surface area contributed by atoms with Gasteiger partial charge in [0.2, 0.25) is 0 Å². The first-order valence-corrected chi connectivity index (χ1v) is 7.95. The summed E-state index contributed by atoms with van der Waals surface area (Å²) in [6, 6.07) is 9.66. The van der Waals surface area contributed by atoms with Gasteiger partial charge in [-0.25, -0.2) is 4.98 Å². The maximum atomic E-state index is 11.0. The maximum Gasteiger partial charge on any atom is 0.119 e. The average Bonchev–Trinajstić information content (AvgIpc) is 2.88. The highest BCUT2D eigenvalue weighted by atomic mass is 32.1. The highest BCUT2D eigenvalue weighted by Crippen LogP contribution is 2.30. The molecule has 1 atom stereocenters. The highest BCUT2D eigenvalue weighted by molar-refractivity contribution is 7.09. The molecular weight excluding hydrogens is 282 g/mol. The second-order valence-electron chi connectivity index (χ2n) is 6.38. The summed E-state index contributed by atoms with van der Waals surface area (Å²) in [7, 11) is 1.61. The predicted molar refractivity (Wildman–Crippen MR) is 86.7 cm³/mol. The van der Waals surface area contributed by atoms with Gasteiger partial charge in [0.15, 0.2) is 0 Å². The fourth-order valence-corrected chi connectivity index (χ4v) is 3.34. The summed E-state index contributed by atoms with van der Waals surface area (Å²) in [4.78, 5) is 4.68. The van der Waals surface area contributed by atoms with Crippen LogP contribution in [0, 0.1) is 0 Å². The third-order valence-corrected chi connectivity index (χ3v) is 4.31. The lowest BCUT2D eigenvalue weighted by Crippen LogP contribution is -2.33. The first kappa shape index (κ1) is 16.1. The van der Waals surface area contributed by atoms with Gasteiger partial charge in [-0.05, 0) is 5.56 Å². The number of hydrogen-bond donors (Lipinski definition) is 1. The summed E-state index contributed by atoms with van der Waals surface area (Å²) in [5.41, 5.74) is 0.916. The van der Waals surface area contributed by atoms with E-state index < -0.39 is 5.60 Å². The van der Waals surface area contributed by atoms with Crippen molar-refractivity contribution in [2.75, 3.05) is 13.7 Å². The zero-order chi connectivity index (χ0) is 15.5. The van der Waals surface area contributed by atoms with E-state index in [0.29, 0.717) is 6.42 Å². The third kappa shape index (κ3) is 3.90. The number of benzene rings is 1. The van der Waals surface area contributed by atoms with Gasteiger partial charge in [0.1, 0.15) is 5.60 Å². The van der Waals surface area contributed by atoms with Gasteiger partial charge in [-0.1, -0.05) is 51.1 Å². The Labute approximate surface area is 130 Å². The van der Waals surface area contributed by atoms with Crippen molar-refractivity contribution in [2.24, 2.45) is 0 Å². The fraction of sp³-hybridized carbons (Fsp3) is 0.471. The second-order valence-corrected chi connectivity index (χ2v) is 7.33. The Balaban J connectivity index is 2.26. The van der Waals surface area contributed by atoms with Gasteiger partial charge in [0.25, 0.3) is 0 Å². The molecule has 0 saturated heterocycles. The summed E-state index contributed by atoms with van der Waals surface area (Å²) >= 11 is 1.60. The topological polar surface area (TPSA) is 42.4 Å². The van der Waals surface area contributed by atoms with Crippen molar-refractivity contribution in [3.05, 3.63) is 52.0 Å². The predicted octanol–water partition coefficient (Wildman–Crippen LogP) is 3.52. The molecule has 1 unspecified atom stereocenters. The van der Waals surface area contributed by atoms with Crippen molar-refractivity contribution in [2.45, 2.75) is 38.2 Å². The number of hydrogen-bond acceptors (Lipinski definition) is 4. The minimum atomic E-state index is -1.04. The zero-order valence-corrected chi connectivity index (χ0v) is 13.9. The van der Waals surface area contributed by atoms with E-state index in [1.807, 2.05) is 30.3 Å². The Morgan fingerprint density at radius 3 is 2.38 bits per heavy atom. The molecule has 1 N–H and O–H groups in total. The summed E-state index contributed by atoms with van der Waals surface area (Å²) < 4.78 is 5.23. The molecule has 0 spiro atoms. The number of methoxy groups -OCH3 is 1. The number of nitrogens with zero attached hydrogens (tertiary/aromatic N) is 1. The average molecular weight is 305 g/mol. The zero-order valence-electron chi connectivity index (χ0n) is 13.1. The molecule has 1 heterocycles. The molecule has 1 aromatic heterocycles. The number of rotatable bonds is 5. The highest BCUT2D eigenvalue weighted by Gasteiger charge is 2.31. The van der Waals surface area contributed by atoms with Crippen LogP contribution < -0.4 is 0 Å². The van der Waals surface area contributed by atoms with Gasteiger partial charge in [0.05, 0.1) is 17.3 Å². The van der Waals surface area contributed by atoms with E-state index in [1.165, 1.54) is 0 Å². The molecule has 2 aromatic rings. The minimum absolute atomic E-state index is 0.0286. The Morgan fingerprint density at radius 2 is 1.86 bits per heavy atom. The van der Waals surface area contributed by atoms with Gasteiger partial charge in [-0.3, -0.25) is 0 Å². The van der Waals surface area contributed by atoms with Crippen LogP contribution in [-0.4, -0.2) is 23.8 Å². The molecule has 0 aliphatic heterocycles. The van der Waals surface area contributed by atoms with E-state index in [4.69, 9.17) is 4.74 Å². The molecule has 0 amide bonds.